The lowest BCUT2D eigenvalue weighted by molar-refractivity contribution is -0.140. The number of hydrogen-bond donors (Lipinski definition) is 0. The minimum absolute atomic E-state index is 0.000717. The number of carbonyl (C=O) groups excluding carboxylic acids is 3. The molecule has 0 N–H and O–H groups in total. The second kappa shape index (κ2) is 11.9. The molecule has 8 heteroatoms. The molecule has 1 saturated heterocycles. The number of carbonyl (C=O) groups is 3. The van der Waals surface area contributed by atoms with Crippen molar-refractivity contribution in [1.82, 2.24) is 9.80 Å². The van der Waals surface area contributed by atoms with Gasteiger partial charge in [0.2, 0.25) is 17.7 Å². The van der Waals surface area contributed by atoms with Crippen LogP contribution in [0, 0.1) is 6.92 Å². The lowest BCUT2D eigenvalue weighted by Crippen LogP contribution is -2.43. The van der Waals surface area contributed by atoms with Gasteiger partial charge in [-0.2, -0.15) is 0 Å². The zero-order chi connectivity index (χ0) is 22.1. The largest absolute Gasteiger partial charge is 0.385 e. The summed E-state index contributed by atoms with van der Waals surface area (Å²) in [6, 6.07) is 5.38. The van der Waals surface area contributed by atoms with E-state index in [9.17, 15) is 14.4 Å². The highest BCUT2D eigenvalue weighted by Gasteiger charge is 2.33. The van der Waals surface area contributed by atoms with Crippen molar-refractivity contribution in [3.63, 3.8) is 0 Å². The van der Waals surface area contributed by atoms with Crippen LogP contribution in [0.5, 0.6) is 0 Å². The molecule has 166 valence electrons. The van der Waals surface area contributed by atoms with E-state index in [1.807, 2.05) is 13.0 Å². The molecule has 30 heavy (non-hydrogen) atoms. The average Bonchev–Trinajstić information content (AvgIpc) is 3.11. The Labute approximate surface area is 183 Å². The van der Waals surface area contributed by atoms with E-state index >= 15 is 0 Å². The van der Waals surface area contributed by atoms with Crippen molar-refractivity contribution in [2.75, 3.05) is 44.9 Å². The van der Waals surface area contributed by atoms with E-state index in [-0.39, 0.29) is 37.5 Å². The zero-order valence-electron chi connectivity index (χ0n) is 18.2. The molecule has 0 bridgehead atoms. The van der Waals surface area contributed by atoms with Crippen LogP contribution in [0.25, 0.3) is 0 Å². The molecular weight excluding hydrogens is 406 g/mol. The first-order valence-corrected chi connectivity index (χ1v) is 10.9. The van der Waals surface area contributed by atoms with E-state index in [4.69, 9.17) is 16.3 Å². The second-order valence-electron chi connectivity index (χ2n) is 7.56. The van der Waals surface area contributed by atoms with Crippen LogP contribution in [0.4, 0.5) is 5.69 Å². The number of amides is 3. The Morgan fingerprint density at radius 3 is 2.70 bits per heavy atom. The van der Waals surface area contributed by atoms with Gasteiger partial charge in [-0.3, -0.25) is 19.3 Å². The van der Waals surface area contributed by atoms with Gasteiger partial charge >= 0.3 is 0 Å². The Kier molecular flexibility index (Phi) is 9.59. The van der Waals surface area contributed by atoms with Crippen LogP contribution < -0.4 is 4.90 Å². The number of ether oxygens (including phenoxy) is 1. The van der Waals surface area contributed by atoms with Gasteiger partial charge in [0.25, 0.3) is 0 Å². The lowest BCUT2D eigenvalue weighted by Gasteiger charge is -2.25. The number of halogens is 1. The molecule has 0 saturated carbocycles. The molecule has 0 aliphatic carbocycles. The van der Waals surface area contributed by atoms with E-state index in [1.54, 1.807) is 29.0 Å². The van der Waals surface area contributed by atoms with Crippen LogP contribution in [0.3, 0.4) is 0 Å². The van der Waals surface area contributed by atoms with E-state index in [2.05, 4.69) is 6.92 Å². The SMILES string of the molecule is CCCCCC(=O)N(CCCOC)CC(=O)N1CC(=O)N(c2cccc(Cl)c2C)C1. The Balaban J connectivity index is 2.03. The monoisotopic (exact) mass is 437 g/mol. The summed E-state index contributed by atoms with van der Waals surface area (Å²) in [4.78, 5) is 42.7. The van der Waals surface area contributed by atoms with E-state index in [0.717, 1.165) is 24.8 Å². The third-order valence-corrected chi connectivity index (χ3v) is 5.68. The molecule has 1 fully saturated rings. The Bertz CT molecular complexity index is 756. The van der Waals surface area contributed by atoms with Crippen LogP contribution in [0.1, 0.15) is 44.6 Å². The molecule has 0 unspecified atom stereocenters. The highest BCUT2D eigenvalue weighted by molar-refractivity contribution is 6.31. The third kappa shape index (κ3) is 6.44. The summed E-state index contributed by atoms with van der Waals surface area (Å²) in [6.45, 7) is 5.06. The van der Waals surface area contributed by atoms with Crippen molar-refractivity contribution in [3.05, 3.63) is 28.8 Å². The molecule has 1 heterocycles. The van der Waals surface area contributed by atoms with E-state index in [1.165, 1.54) is 4.90 Å². The summed E-state index contributed by atoms with van der Waals surface area (Å²) in [6.07, 6.45) is 3.93. The third-order valence-electron chi connectivity index (χ3n) is 5.27. The van der Waals surface area contributed by atoms with Gasteiger partial charge in [0, 0.05) is 37.4 Å². The fourth-order valence-electron chi connectivity index (χ4n) is 3.45. The molecule has 0 aromatic heterocycles. The van der Waals surface area contributed by atoms with Crippen LogP contribution >= 0.6 is 11.6 Å². The summed E-state index contributed by atoms with van der Waals surface area (Å²) in [5.41, 5.74) is 1.50. The number of methoxy groups -OCH3 is 1. The molecular formula is C22H32ClN3O4. The zero-order valence-corrected chi connectivity index (χ0v) is 18.9. The summed E-state index contributed by atoms with van der Waals surface area (Å²) < 4.78 is 5.08. The smallest absolute Gasteiger partial charge is 0.248 e. The molecule has 0 spiro atoms. The van der Waals surface area contributed by atoms with Gasteiger partial charge < -0.3 is 14.5 Å². The van der Waals surface area contributed by atoms with Gasteiger partial charge in [-0.1, -0.05) is 37.4 Å². The van der Waals surface area contributed by atoms with Crippen molar-refractivity contribution >= 4 is 35.0 Å². The number of rotatable bonds is 11. The number of hydrogen-bond acceptors (Lipinski definition) is 4. The normalized spacial score (nSPS) is 13.8. The molecule has 2 rings (SSSR count). The minimum atomic E-state index is -0.230. The molecule has 1 aromatic rings. The summed E-state index contributed by atoms with van der Waals surface area (Å²) in [5.74, 6) is -0.415. The predicted molar refractivity (Wildman–Crippen MR) is 117 cm³/mol. The van der Waals surface area contributed by atoms with Crippen LogP contribution in [-0.4, -0.2) is 67.5 Å². The molecule has 0 atom stereocenters. The number of unbranched alkanes of at least 4 members (excludes halogenated alkanes) is 2. The summed E-state index contributed by atoms with van der Waals surface area (Å²) >= 11 is 6.18. The topological polar surface area (TPSA) is 70.2 Å². The maximum atomic E-state index is 12.9. The van der Waals surface area contributed by atoms with Gasteiger partial charge in [0.1, 0.15) is 13.2 Å². The second-order valence-corrected chi connectivity index (χ2v) is 7.96. The maximum Gasteiger partial charge on any atom is 0.248 e. The van der Waals surface area contributed by atoms with Crippen molar-refractivity contribution in [1.29, 1.82) is 0 Å². The van der Waals surface area contributed by atoms with Crippen molar-refractivity contribution in [2.45, 2.75) is 46.0 Å². The molecule has 1 aliphatic heterocycles. The van der Waals surface area contributed by atoms with Gasteiger partial charge in [-0.25, -0.2) is 0 Å². The van der Waals surface area contributed by atoms with E-state index < -0.39 is 0 Å². The summed E-state index contributed by atoms with van der Waals surface area (Å²) in [5, 5.41) is 0.576. The Morgan fingerprint density at radius 1 is 1.23 bits per heavy atom. The number of benzene rings is 1. The first kappa shape index (κ1) is 24.2. The number of anilines is 1. The molecule has 0 radical (unpaired) electrons. The van der Waals surface area contributed by atoms with Crippen molar-refractivity contribution in [2.24, 2.45) is 0 Å². The van der Waals surface area contributed by atoms with Gasteiger partial charge in [0.05, 0.1) is 6.54 Å². The van der Waals surface area contributed by atoms with Crippen LogP contribution in [0.15, 0.2) is 18.2 Å². The fraction of sp³-hybridized carbons (Fsp3) is 0.591. The van der Waals surface area contributed by atoms with Crippen molar-refractivity contribution in [3.8, 4) is 0 Å². The molecule has 1 aliphatic rings. The highest BCUT2D eigenvalue weighted by Crippen LogP contribution is 2.28. The standard InChI is InChI=1S/C22H32ClN3O4/c1-4-5-6-11-20(27)24(12-8-13-30-3)14-21(28)25-15-22(29)26(16-25)19-10-7-9-18(23)17(19)2/h7,9-10H,4-6,8,11-16H2,1-3H3. The first-order chi connectivity index (χ1) is 14.4. The van der Waals surface area contributed by atoms with Gasteiger partial charge in [0.15, 0.2) is 0 Å². The van der Waals surface area contributed by atoms with Crippen molar-refractivity contribution < 1.29 is 19.1 Å². The minimum Gasteiger partial charge on any atom is -0.385 e. The Morgan fingerprint density at radius 2 is 2.00 bits per heavy atom. The maximum absolute atomic E-state index is 12.9. The lowest BCUT2D eigenvalue weighted by atomic mass is 10.2. The van der Waals surface area contributed by atoms with Crippen LogP contribution in [-0.2, 0) is 19.1 Å². The van der Waals surface area contributed by atoms with Crippen LogP contribution in [0.2, 0.25) is 5.02 Å². The van der Waals surface area contributed by atoms with E-state index in [0.29, 0.717) is 36.7 Å². The average molecular weight is 438 g/mol. The highest BCUT2D eigenvalue weighted by atomic mass is 35.5. The van der Waals surface area contributed by atoms with Gasteiger partial charge in [-0.15, -0.1) is 0 Å². The fourth-order valence-corrected chi connectivity index (χ4v) is 3.62. The predicted octanol–water partition coefficient (Wildman–Crippen LogP) is 3.23. The molecule has 7 nitrogen and oxygen atoms in total. The van der Waals surface area contributed by atoms with Gasteiger partial charge in [-0.05, 0) is 37.5 Å². The summed E-state index contributed by atoms with van der Waals surface area (Å²) in [7, 11) is 1.61. The molecule has 3 amide bonds. The Hall–Kier alpha value is -2.12. The molecule has 1 aromatic carbocycles. The first-order valence-electron chi connectivity index (χ1n) is 10.5. The quantitative estimate of drug-likeness (QED) is 0.498. The number of nitrogens with zero attached hydrogens (tertiary/aromatic N) is 3.